The second-order valence-corrected chi connectivity index (χ2v) is 7.12. The van der Waals surface area contributed by atoms with Crippen LogP contribution in [0.25, 0.3) is 0 Å². The van der Waals surface area contributed by atoms with E-state index in [-0.39, 0.29) is 0 Å². The summed E-state index contributed by atoms with van der Waals surface area (Å²) in [5, 5.41) is 10.6. The van der Waals surface area contributed by atoms with Crippen LogP contribution in [0.4, 0.5) is 0 Å². The number of ether oxygens (including phenoxy) is 1. The molecule has 0 radical (unpaired) electrons. The first-order chi connectivity index (χ1) is 9.52. The fourth-order valence-electron chi connectivity index (χ4n) is 1.88. The number of rotatable bonds is 4. The molecule has 2 rings (SSSR count). The van der Waals surface area contributed by atoms with Crippen LogP contribution >= 0.6 is 54.5 Å². The highest BCUT2D eigenvalue weighted by atomic mass is 127. The molecule has 0 aliphatic rings. The van der Waals surface area contributed by atoms with Crippen LogP contribution in [-0.4, -0.2) is 11.7 Å². The van der Waals surface area contributed by atoms with E-state index in [0.717, 1.165) is 29.4 Å². The number of hydrogen-bond donors (Lipinski definition) is 1. The highest BCUT2D eigenvalue weighted by Gasteiger charge is 2.17. The van der Waals surface area contributed by atoms with Crippen molar-refractivity contribution in [1.29, 1.82) is 0 Å². The van der Waals surface area contributed by atoms with Crippen LogP contribution in [0, 0.1) is 3.57 Å². The van der Waals surface area contributed by atoms with Gasteiger partial charge in [0.05, 0.1) is 6.61 Å². The van der Waals surface area contributed by atoms with E-state index in [1.54, 1.807) is 0 Å². The average Bonchev–Trinajstić information content (AvgIpc) is 2.41. The maximum atomic E-state index is 10.6. The smallest absolute Gasteiger partial charge is 0.120 e. The van der Waals surface area contributed by atoms with E-state index in [9.17, 15) is 5.11 Å². The number of aliphatic hydroxyl groups is 1. The first-order valence-electron chi connectivity index (χ1n) is 6.08. The average molecular weight is 512 g/mol. The summed E-state index contributed by atoms with van der Waals surface area (Å²) in [6.45, 7) is 2.57. The van der Waals surface area contributed by atoms with E-state index in [1.165, 1.54) is 0 Å². The van der Waals surface area contributed by atoms with Crippen LogP contribution in [0.3, 0.4) is 0 Å². The lowest BCUT2D eigenvalue weighted by Gasteiger charge is -2.16. The molecule has 0 heterocycles. The van der Waals surface area contributed by atoms with Crippen LogP contribution in [0.5, 0.6) is 5.75 Å². The van der Waals surface area contributed by atoms with Crippen LogP contribution < -0.4 is 4.74 Å². The molecular formula is C15H13Br2IO2. The minimum absolute atomic E-state index is 0.623. The van der Waals surface area contributed by atoms with E-state index in [2.05, 4.69) is 54.5 Å². The molecule has 0 saturated heterocycles. The molecule has 0 aliphatic heterocycles. The topological polar surface area (TPSA) is 29.5 Å². The van der Waals surface area contributed by atoms with Gasteiger partial charge in [0.1, 0.15) is 11.9 Å². The highest BCUT2D eigenvalue weighted by Crippen LogP contribution is 2.34. The Morgan fingerprint density at radius 1 is 1.15 bits per heavy atom. The number of halogens is 3. The Kier molecular flexibility index (Phi) is 5.89. The molecule has 20 heavy (non-hydrogen) atoms. The Morgan fingerprint density at radius 2 is 1.90 bits per heavy atom. The number of hydrogen-bond acceptors (Lipinski definition) is 2. The van der Waals surface area contributed by atoms with Crippen molar-refractivity contribution in [2.45, 2.75) is 13.0 Å². The zero-order valence-corrected chi connectivity index (χ0v) is 16.1. The second kappa shape index (κ2) is 7.24. The fraction of sp³-hybridized carbons (Fsp3) is 0.200. The molecule has 106 valence electrons. The van der Waals surface area contributed by atoms with Gasteiger partial charge in [-0.25, -0.2) is 0 Å². The first kappa shape index (κ1) is 16.3. The van der Waals surface area contributed by atoms with Crippen LogP contribution in [-0.2, 0) is 0 Å². The lowest BCUT2D eigenvalue weighted by molar-refractivity contribution is 0.218. The molecule has 2 aromatic carbocycles. The maximum Gasteiger partial charge on any atom is 0.120 e. The molecular weight excluding hydrogens is 499 g/mol. The number of benzene rings is 2. The zero-order chi connectivity index (χ0) is 14.7. The lowest BCUT2D eigenvalue weighted by Crippen LogP contribution is -2.03. The summed E-state index contributed by atoms with van der Waals surface area (Å²) >= 11 is 9.18. The summed E-state index contributed by atoms with van der Waals surface area (Å²) in [5.74, 6) is 0.791. The van der Waals surface area contributed by atoms with Crippen molar-refractivity contribution in [3.05, 3.63) is 60.0 Å². The molecule has 0 saturated carbocycles. The summed E-state index contributed by atoms with van der Waals surface area (Å²) in [6, 6.07) is 11.5. The molecule has 1 unspecified atom stereocenters. The number of aliphatic hydroxyl groups excluding tert-OH is 1. The van der Waals surface area contributed by atoms with Crippen LogP contribution in [0.1, 0.15) is 24.2 Å². The summed E-state index contributed by atoms with van der Waals surface area (Å²) in [4.78, 5) is 0. The SMILES string of the molecule is CCOc1ccc(C(O)c2cc(Br)ccc2I)c(Br)c1. The van der Waals surface area contributed by atoms with Crippen LogP contribution in [0.15, 0.2) is 45.3 Å². The fourth-order valence-corrected chi connectivity index (χ4v) is 3.46. The van der Waals surface area contributed by atoms with Gasteiger partial charge in [0.25, 0.3) is 0 Å². The van der Waals surface area contributed by atoms with Crippen molar-refractivity contribution in [3.8, 4) is 5.75 Å². The third-order valence-electron chi connectivity index (χ3n) is 2.83. The molecule has 0 aromatic heterocycles. The Bertz CT molecular complexity index is 617. The van der Waals surface area contributed by atoms with Gasteiger partial charge in [-0.2, -0.15) is 0 Å². The van der Waals surface area contributed by atoms with Crippen molar-refractivity contribution in [2.24, 2.45) is 0 Å². The Morgan fingerprint density at radius 3 is 2.55 bits per heavy atom. The van der Waals surface area contributed by atoms with E-state index in [0.29, 0.717) is 6.61 Å². The predicted octanol–water partition coefficient (Wildman–Crippen LogP) is 5.30. The van der Waals surface area contributed by atoms with Gasteiger partial charge in [0.2, 0.25) is 0 Å². The van der Waals surface area contributed by atoms with Crippen molar-refractivity contribution >= 4 is 54.5 Å². The molecule has 0 bridgehead atoms. The van der Waals surface area contributed by atoms with Gasteiger partial charge in [-0.15, -0.1) is 0 Å². The molecule has 1 N–H and O–H groups in total. The summed E-state index contributed by atoms with van der Waals surface area (Å²) in [5.41, 5.74) is 1.70. The molecule has 0 fully saturated rings. The Labute approximate surface area is 148 Å². The van der Waals surface area contributed by atoms with E-state index in [4.69, 9.17) is 4.74 Å². The van der Waals surface area contributed by atoms with E-state index < -0.39 is 6.10 Å². The Balaban J connectivity index is 2.38. The predicted molar refractivity (Wildman–Crippen MR) is 96.2 cm³/mol. The standard InChI is InChI=1S/C15H13Br2IO2/c1-2-20-10-4-5-11(13(17)8-10)15(19)12-7-9(16)3-6-14(12)18/h3-8,15,19H,2H2,1H3. The van der Waals surface area contributed by atoms with Gasteiger partial charge >= 0.3 is 0 Å². The van der Waals surface area contributed by atoms with Gasteiger partial charge in [0.15, 0.2) is 0 Å². The molecule has 5 heteroatoms. The van der Waals surface area contributed by atoms with Gasteiger partial charge in [0, 0.05) is 12.5 Å². The van der Waals surface area contributed by atoms with Crippen molar-refractivity contribution in [2.75, 3.05) is 6.61 Å². The molecule has 2 aromatic rings. The van der Waals surface area contributed by atoms with Gasteiger partial charge in [-0.1, -0.05) is 37.9 Å². The normalized spacial score (nSPS) is 12.2. The monoisotopic (exact) mass is 510 g/mol. The third-order valence-corrected chi connectivity index (χ3v) is 4.99. The molecule has 0 spiro atoms. The van der Waals surface area contributed by atoms with Gasteiger partial charge in [-0.3, -0.25) is 0 Å². The molecule has 0 amide bonds. The summed E-state index contributed by atoms with van der Waals surface area (Å²) < 4.78 is 8.27. The van der Waals surface area contributed by atoms with Crippen LogP contribution in [0.2, 0.25) is 0 Å². The maximum absolute atomic E-state index is 10.6. The van der Waals surface area contributed by atoms with Gasteiger partial charge < -0.3 is 9.84 Å². The second-order valence-electron chi connectivity index (χ2n) is 4.18. The van der Waals surface area contributed by atoms with Gasteiger partial charge in [-0.05, 0) is 71.0 Å². The van der Waals surface area contributed by atoms with Crippen molar-refractivity contribution in [3.63, 3.8) is 0 Å². The minimum Gasteiger partial charge on any atom is -0.494 e. The van der Waals surface area contributed by atoms with Crippen molar-refractivity contribution < 1.29 is 9.84 Å². The summed E-state index contributed by atoms with van der Waals surface area (Å²) in [7, 11) is 0. The minimum atomic E-state index is -0.676. The largest absolute Gasteiger partial charge is 0.494 e. The van der Waals surface area contributed by atoms with Crippen molar-refractivity contribution in [1.82, 2.24) is 0 Å². The lowest BCUT2D eigenvalue weighted by atomic mass is 10.0. The van der Waals surface area contributed by atoms with E-state index in [1.807, 2.05) is 43.3 Å². The molecule has 2 nitrogen and oxygen atoms in total. The molecule has 1 atom stereocenters. The quantitative estimate of drug-likeness (QED) is 0.565. The van der Waals surface area contributed by atoms with E-state index >= 15 is 0 Å². The third kappa shape index (κ3) is 3.75. The Hall–Kier alpha value is -0.110. The molecule has 0 aliphatic carbocycles. The first-order valence-corrected chi connectivity index (χ1v) is 8.74. The summed E-state index contributed by atoms with van der Waals surface area (Å²) in [6.07, 6.45) is -0.676. The zero-order valence-electron chi connectivity index (χ0n) is 10.7. The highest BCUT2D eigenvalue weighted by molar-refractivity contribution is 14.1.